The number of aryl methyl sites for hydroxylation is 1. The zero-order valence-electron chi connectivity index (χ0n) is 16.6. The van der Waals surface area contributed by atoms with Gasteiger partial charge in [-0.15, -0.1) is 0 Å². The third-order valence-electron chi connectivity index (χ3n) is 5.87. The first-order valence-corrected chi connectivity index (χ1v) is 9.77. The van der Waals surface area contributed by atoms with Crippen LogP contribution >= 0.6 is 0 Å². The predicted octanol–water partition coefficient (Wildman–Crippen LogP) is 2.44. The summed E-state index contributed by atoms with van der Waals surface area (Å²) in [4.78, 5) is 26.4. The van der Waals surface area contributed by atoms with Crippen LogP contribution in [-0.2, 0) is 11.8 Å². The fourth-order valence-electron chi connectivity index (χ4n) is 4.36. The first-order valence-electron chi connectivity index (χ1n) is 9.77. The molecule has 0 saturated carbocycles. The van der Waals surface area contributed by atoms with Gasteiger partial charge in [-0.25, -0.2) is 9.97 Å². The molecule has 2 aromatic rings. The number of piperidine rings is 1. The maximum Gasteiger partial charge on any atom is 0.257 e. The van der Waals surface area contributed by atoms with Gasteiger partial charge in [-0.1, -0.05) is 0 Å². The number of hydrogen-bond acceptors (Lipinski definition) is 5. The number of amides is 1. The van der Waals surface area contributed by atoms with Gasteiger partial charge < -0.3 is 9.80 Å². The van der Waals surface area contributed by atoms with Crippen molar-refractivity contribution in [2.24, 2.45) is 0 Å². The molecule has 2 aliphatic rings. The van der Waals surface area contributed by atoms with E-state index >= 15 is 0 Å². The number of aromatic nitrogens is 4. The molecule has 144 valence electrons. The van der Waals surface area contributed by atoms with Crippen LogP contribution in [0.15, 0.2) is 18.6 Å². The van der Waals surface area contributed by atoms with Gasteiger partial charge in [0.2, 0.25) is 5.95 Å². The van der Waals surface area contributed by atoms with Crippen molar-refractivity contribution in [3.05, 3.63) is 35.4 Å². The number of likely N-dealkylation sites (tertiary alicyclic amines) is 1. The molecule has 1 spiro atoms. The maximum absolute atomic E-state index is 13.1. The molecule has 0 aromatic carbocycles. The normalized spacial score (nSPS) is 21.7. The third kappa shape index (κ3) is 3.09. The Hall–Kier alpha value is -2.44. The van der Waals surface area contributed by atoms with Gasteiger partial charge in [0.25, 0.3) is 5.91 Å². The Morgan fingerprint density at radius 1 is 1.26 bits per heavy atom. The lowest BCUT2D eigenvalue weighted by Gasteiger charge is -2.40. The summed E-state index contributed by atoms with van der Waals surface area (Å²) >= 11 is 0. The summed E-state index contributed by atoms with van der Waals surface area (Å²) in [7, 11) is 3.93. The van der Waals surface area contributed by atoms with Gasteiger partial charge in [0.05, 0.1) is 17.5 Å². The van der Waals surface area contributed by atoms with Crippen molar-refractivity contribution in [1.82, 2.24) is 24.6 Å². The topological polar surface area (TPSA) is 67.2 Å². The molecule has 1 fully saturated rings. The molecule has 1 unspecified atom stereocenters. The van der Waals surface area contributed by atoms with E-state index in [1.807, 2.05) is 41.0 Å². The molecule has 0 bridgehead atoms. The summed E-state index contributed by atoms with van der Waals surface area (Å²) in [5.41, 5.74) is 3.03. The van der Waals surface area contributed by atoms with Gasteiger partial charge in [-0.3, -0.25) is 9.48 Å². The van der Waals surface area contributed by atoms with Crippen LogP contribution in [-0.4, -0.2) is 57.7 Å². The first kappa shape index (κ1) is 17.9. The van der Waals surface area contributed by atoms with Crippen LogP contribution < -0.4 is 4.90 Å². The molecule has 1 atom stereocenters. The van der Waals surface area contributed by atoms with E-state index in [2.05, 4.69) is 23.9 Å². The number of carbonyl (C=O) groups excluding carboxylic acids is 1. The van der Waals surface area contributed by atoms with Crippen LogP contribution in [0.4, 0.5) is 5.95 Å². The second kappa shape index (κ2) is 6.62. The number of anilines is 1. The molecule has 1 saturated heterocycles. The van der Waals surface area contributed by atoms with E-state index in [-0.39, 0.29) is 17.4 Å². The molecule has 4 rings (SSSR count). The quantitative estimate of drug-likeness (QED) is 0.832. The van der Waals surface area contributed by atoms with Crippen LogP contribution in [0, 0.1) is 0 Å². The standard InChI is InChI=1S/C20H28N6O/c1-14(2)26-12-16(11-22-26)18(27)25-9-5-7-20(13-25)8-6-15-10-21-19(24(3)4)23-17(15)20/h10-12,14H,5-9,13H2,1-4H3. The van der Waals surface area contributed by atoms with Crippen molar-refractivity contribution < 1.29 is 4.79 Å². The largest absolute Gasteiger partial charge is 0.347 e. The Labute approximate surface area is 160 Å². The molecule has 3 heterocycles. The molecule has 0 N–H and O–H groups in total. The molecule has 7 nitrogen and oxygen atoms in total. The van der Waals surface area contributed by atoms with Gasteiger partial charge in [0.1, 0.15) is 0 Å². The Balaban J connectivity index is 1.60. The van der Waals surface area contributed by atoms with E-state index in [0.717, 1.165) is 50.4 Å². The van der Waals surface area contributed by atoms with E-state index in [4.69, 9.17) is 4.98 Å². The van der Waals surface area contributed by atoms with Crippen molar-refractivity contribution in [3.8, 4) is 0 Å². The highest BCUT2D eigenvalue weighted by Gasteiger charge is 2.45. The minimum absolute atomic E-state index is 0.0367. The Morgan fingerprint density at radius 3 is 2.78 bits per heavy atom. The minimum atomic E-state index is -0.0367. The van der Waals surface area contributed by atoms with Crippen LogP contribution in [0.1, 0.15) is 60.8 Å². The third-order valence-corrected chi connectivity index (χ3v) is 5.87. The Bertz CT molecular complexity index is 854. The van der Waals surface area contributed by atoms with Crippen molar-refractivity contribution in [3.63, 3.8) is 0 Å². The number of nitrogens with zero attached hydrogens (tertiary/aromatic N) is 6. The molecular weight excluding hydrogens is 340 g/mol. The second-order valence-electron chi connectivity index (χ2n) is 8.35. The fraction of sp³-hybridized carbons (Fsp3) is 0.600. The highest BCUT2D eigenvalue weighted by molar-refractivity contribution is 5.94. The van der Waals surface area contributed by atoms with Crippen molar-refractivity contribution in [2.45, 2.75) is 51.0 Å². The summed E-state index contributed by atoms with van der Waals surface area (Å²) in [6, 6.07) is 0.252. The van der Waals surface area contributed by atoms with E-state index in [1.165, 1.54) is 5.56 Å². The van der Waals surface area contributed by atoms with E-state index in [9.17, 15) is 4.79 Å². The zero-order chi connectivity index (χ0) is 19.2. The van der Waals surface area contributed by atoms with Crippen LogP contribution in [0.25, 0.3) is 0 Å². The summed E-state index contributed by atoms with van der Waals surface area (Å²) < 4.78 is 1.84. The molecule has 1 amide bonds. The molecule has 1 aliphatic carbocycles. The Kier molecular flexibility index (Phi) is 4.40. The molecule has 27 heavy (non-hydrogen) atoms. The highest BCUT2D eigenvalue weighted by atomic mass is 16.2. The Morgan fingerprint density at radius 2 is 2.07 bits per heavy atom. The predicted molar refractivity (Wildman–Crippen MR) is 104 cm³/mol. The van der Waals surface area contributed by atoms with Crippen molar-refractivity contribution in [1.29, 1.82) is 0 Å². The maximum atomic E-state index is 13.1. The summed E-state index contributed by atoms with van der Waals surface area (Å²) in [6.07, 6.45) is 9.66. The smallest absolute Gasteiger partial charge is 0.257 e. The van der Waals surface area contributed by atoms with Gasteiger partial charge in [-0.05, 0) is 45.1 Å². The number of hydrogen-bond donors (Lipinski definition) is 0. The van der Waals surface area contributed by atoms with E-state index < -0.39 is 0 Å². The van der Waals surface area contributed by atoms with Crippen LogP contribution in [0.2, 0.25) is 0 Å². The van der Waals surface area contributed by atoms with Gasteiger partial charge >= 0.3 is 0 Å². The van der Waals surface area contributed by atoms with Crippen molar-refractivity contribution in [2.75, 3.05) is 32.1 Å². The number of fused-ring (bicyclic) bond motifs is 2. The molecule has 1 aliphatic heterocycles. The summed E-state index contributed by atoms with van der Waals surface area (Å²) in [6.45, 7) is 5.66. The lowest BCUT2D eigenvalue weighted by atomic mass is 9.77. The van der Waals surface area contributed by atoms with E-state index in [0.29, 0.717) is 5.56 Å². The molecule has 7 heteroatoms. The lowest BCUT2D eigenvalue weighted by molar-refractivity contribution is 0.0633. The average Bonchev–Trinajstić information content (AvgIpc) is 3.27. The molecule has 2 aromatic heterocycles. The summed E-state index contributed by atoms with van der Waals surface area (Å²) in [5.74, 6) is 0.827. The van der Waals surface area contributed by atoms with Crippen LogP contribution in [0.3, 0.4) is 0 Å². The van der Waals surface area contributed by atoms with E-state index in [1.54, 1.807) is 6.20 Å². The summed E-state index contributed by atoms with van der Waals surface area (Å²) in [5, 5.41) is 4.33. The van der Waals surface area contributed by atoms with Gasteiger partial charge in [0.15, 0.2) is 0 Å². The van der Waals surface area contributed by atoms with Gasteiger partial charge in [0, 0.05) is 51.0 Å². The zero-order valence-corrected chi connectivity index (χ0v) is 16.6. The lowest BCUT2D eigenvalue weighted by Crippen LogP contribution is -2.48. The number of carbonyl (C=O) groups is 1. The first-order chi connectivity index (χ1) is 12.9. The highest BCUT2D eigenvalue weighted by Crippen LogP contribution is 2.44. The SMILES string of the molecule is CC(C)n1cc(C(=O)N2CCCC3(CCc4cnc(N(C)C)nc43)C2)cn1. The van der Waals surface area contributed by atoms with Crippen LogP contribution in [0.5, 0.6) is 0 Å². The molecular formula is C20H28N6O. The monoisotopic (exact) mass is 368 g/mol. The fourth-order valence-corrected chi connectivity index (χ4v) is 4.36. The van der Waals surface area contributed by atoms with Gasteiger partial charge in [-0.2, -0.15) is 5.10 Å². The number of rotatable bonds is 3. The minimum Gasteiger partial charge on any atom is -0.347 e. The molecule has 0 radical (unpaired) electrons. The van der Waals surface area contributed by atoms with Crippen molar-refractivity contribution >= 4 is 11.9 Å². The average molecular weight is 368 g/mol. The second-order valence-corrected chi connectivity index (χ2v) is 8.35.